The molecule has 140 valence electrons. The van der Waals surface area contributed by atoms with Gasteiger partial charge >= 0.3 is 0 Å². The van der Waals surface area contributed by atoms with E-state index in [-0.39, 0.29) is 5.91 Å². The Morgan fingerprint density at radius 3 is 2.64 bits per heavy atom. The molecule has 0 fully saturated rings. The molecule has 5 nitrogen and oxygen atoms in total. The number of aryl methyl sites for hydroxylation is 1. The van der Waals surface area contributed by atoms with Gasteiger partial charge in [-0.2, -0.15) is 0 Å². The van der Waals surface area contributed by atoms with Gasteiger partial charge in [0.1, 0.15) is 5.75 Å². The zero-order chi connectivity index (χ0) is 19.5. The lowest BCUT2D eigenvalue weighted by Crippen LogP contribution is -2.30. The molecule has 4 rings (SSSR count). The van der Waals surface area contributed by atoms with Crippen molar-refractivity contribution in [2.75, 3.05) is 12.0 Å². The van der Waals surface area contributed by atoms with Gasteiger partial charge in [-0.25, -0.2) is 4.98 Å². The Bertz CT molecular complexity index is 1110. The van der Waals surface area contributed by atoms with E-state index < -0.39 is 0 Å². The zero-order valence-corrected chi connectivity index (χ0v) is 16.4. The number of ether oxygens (including phenoxy) is 1. The molecule has 0 bridgehead atoms. The molecule has 0 N–H and O–H groups in total. The van der Waals surface area contributed by atoms with E-state index >= 15 is 0 Å². The van der Waals surface area contributed by atoms with Gasteiger partial charge < -0.3 is 4.74 Å². The van der Waals surface area contributed by atoms with Crippen molar-refractivity contribution >= 4 is 32.6 Å². The number of fused-ring (bicyclic) bond motifs is 1. The molecule has 0 aliphatic carbocycles. The number of carbonyl (C=O) groups excluding carboxylic acids is 1. The number of hydrogen-bond acceptors (Lipinski definition) is 5. The number of pyridine rings is 1. The van der Waals surface area contributed by atoms with E-state index in [9.17, 15) is 4.79 Å². The molecule has 0 radical (unpaired) electrons. The van der Waals surface area contributed by atoms with Gasteiger partial charge in [0, 0.05) is 11.8 Å². The van der Waals surface area contributed by atoms with Gasteiger partial charge in [-0.15, -0.1) is 0 Å². The van der Waals surface area contributed by atoms with E-state index in [0.29, 0.717) is 17.2 Å². The highest BCUT2D eigenvalue weighted by atomic mass is 32.1. The van der Waals surface area contributed by atoms with E-state index in [4.69, 9.17) is 4.74 Å². The lowest BCUT2D eigenvalue weighted by molar-refractivity contribution is 0.0985. The average molecular weight is 389 g/mol. The van der Waals surface area contributed by atoms with Crippen molar-refractivity contribution in [1.82, 2.24) is 9.97 Å². The second-order valence-electron chi connectivity index (χ2n) is 6.41. The summed E-state index contributed by atoms with van der Waals surface area (Å²) in [6, 6.07) is 19.0. The Labute approximate surface area is 167 Å². The number of anilines is 1. The van der Waals surface area contributed by atoms with Gasteiger partial charge in [0.15, 0.2) is 5.13 Å². The van der Waals surface area contributed by atoms with Gasteiger partial charge in [0.2, 0.25) is 0 Å². The second kappa shape index (κ2) is 7.78. The molecule has 0 atom stereocenters. The van der Waals surface area contributed by atoms with Crippen LogP contribution in [0.2, 0.25) is 0 Å². The average Bonchev–Trinajstić information content (AvgIpc) is 3.15. The van der Waals surface area contributed by atoms with Crippen LogP contribution in [0.15, 0.2) is 66.9 Å². The third-order valence-corrected chi connectivity index (χ3v) is 5.45. The van der Waals surface area contributed by atoms with Crippen LogP contribution in [0.4, 0.5) is 5.13 Å². The van der Waals surface area contributed by atoms with Crippen molar-refractivity contribution in [3.8, 4) is 5.75 Å². The molecule has 0 aliphatic heterocycles. The number of hydrogen-bond donors (Lipinski definition) is 0. The van der Waals surface area contributed by atoms with Crippen molar-refractivity contribution in [3.05, 3.63) is 83.7 Å². The molecular formula is C22H19N3O2S. The Hall–Kier alpha value is -3.25. The molecule has 1 amide bonds. The largest absolute Gasteiger partial charge is 0.497 e. The fraction of sp³-hybridized carbons (Fsp3) is 0.136. The number of methoxy groups -OCH3 is 1. The first kappa shape index (κ1) is 18.1. The molecule has 0 aliphatic rings. The summed E-state index contributed by atoms with van der Waals surface area (Å²) in [5.74, 6) is 0.667. The topological polar surface area (TPSA) is 55.3 Å². The summed E-state index contributed by atoms with van der Waals surface area (Å²) in [7, 11) is 1.64. The first-order valence-corrected chi connectivity index (χ1v) is 9.69. The van der Waals surface area contributed by atoms with Gasteiger partial charge in [0.25, 0.3) is 5.91 Å². The summed E-state index contributed by atoms with van der Waals surface area (Å²) in [5, 5.41) is 0.638. The molecule has 2 heterocycles. The maximum absolute atomic E-state index is 13.3. The summed E-state index contributed by atoms with van der Waals surface area (Å²) in [4.78, 5) is 24.1. The lowest BCUT2D eigenvalue weighted by Gasteiger charge is -2.19. The molecule has 6 heteroatoms. The van der Waals surface area contributed by atoms with Crippen LogP contribution < -0.4 is 9.64 Å². The minimum Gasteiger partial charge on any atom is -0.497 e. The highest BCUT2D eigenvalue weighted by Crippen LogP contribution is 2.32. The van der Waals surface area contributed by atoms with E-state index in [1.807, 2.05) is 67.6 Å². The van der Waals surface area contributed by atoms with Gasteiger partial charge in [-0.3, -0.25) is 14.7 Å². The monoisotopic (exact) mass is 389 g/mol. The van der Waals surface area contributed by atoms with Crippen LogP contribution in [0, 0.1) is 6.92 Å². The van der Waals surface area contributed by atoms with Crippen molar-refractivity contribution in [1.29, 1.82) is 0 Å². The predicted octanol–water partition coefficient (Wildman–Crippen LogP) is 4.86. The van der Waals surface area contributed by atoms with E-state index in [1.165, 1.54) is 11.3 Å². The molecule has 0 spiro atoms. The first-order valence-electron chi connectivity index (χ1n) is 8.87. The third-order valence-electron chi connectivity index (χ3n) is 4.41. The quantitative estimate of drug-likeness (QED) is 0.489. The molecule has 4 aromatic rings. The van der Waals surface area contributed by atoms with Crippen LogP contribution in [0.1, 0.15) is 21.6 Å². The summed E-state index contributed by atoms with van der Waals surface area (Å²) in [6.07, 6.45) is 1.73. The van der Waals surface area contributed by atoms with Crippen LogP contribution in [0.25, 0.3) is 10.2 Å². The molecule has 2 aromatic carbocycles. The molecule has 0 unspecified atom stereocenters. The molecule has 0 saturated carbocycles. The normalized spacial score (nSPS) is 10.8. The van der Waals surface area contributed by atoms with Crippen molar-refractivity contribution in [2.24, 2.45) is 0 Å². The fourth-order valence-corrected chi connectivity index (χ4v) is 3.86. The maximum Gasteiger partial charge on any atom is 0.260 e. The third kappa shape index (κ3) is 3.73. The van der Waals surface area contributed by atoms with Crippen LogP contribution in [0.5, 0.6) is 5.75 Å². The summed E-state index contributed by atoms with van der Waals surface area (Å²) in [5.41, 5.74) is 3.38. The molecule has 0 saturated heterocycles. The van der Waals surface area contributed by atoms with Crippen LogP contribution in [-0.4, -0.2) is 23.0 Å². The highest BCUT2D eigenvalue weighted by Gasteiger charge is 2.22. The Kier molecular flexibility index (Phi) is 5.04. The Balaban J connectivity index is 1.75. The first-order chi connectivity index (χ1) is 13.6. The molecular weight excluding hydrogens is 370 g/mol. The minimum atomic E-state index is -0.100. The highest BCUT2D eigenvalue weighted by molar-refractivity contribution is 7.22. The Morgan fingerprint density at radius 2 is 1.93 bits per heavy atom. The number of aromatic nitrogens is 2. The van der Waals surface area contributed by atoms with Crippen LogP contribution in [-0.2, 0) is 6.54 Å². The summed E-state index contributed by atoms with van der Waals surface area (Å²) in [6.45, 7) is 2.35. The van der Waals surface area contributed by atoms with Crippen molar-refractivity contribution < 1.29 is 9.53 Å². The number of carbonyl (C=O) groups is 1. The van der Waals surface area contributed by atoms with Gasteiger partial charge in [-0.1, -0.05) is 35.1 Å². The number of amides is 1. The van der Waals surface area contributed by atoms with Crippen LogP contribution in [0.3, 0.4) is 0 Å². The number of benzene rings is 2. The van der Waals surface area contributed by atoms with Gasteiger partial charge in [0.05, 0.1) is 29.6 Å². The molecule has 2 aromatic heterocycles. The smallest absolute Gasteiger partial charge is 0.260 e. The van der Waals surface area contributed by atoms with Crippen LogP contribution >= 0.6 is 11.3 Å². The minimum absolute atomic E-state index is 0.100. The maximum atomic E-state index is 13.3. The predicted molar refractivity (Wildman–Crippen MR) is 112 cm³/mol. The van der Waals surface area contributed by atoms with Crippen molar-refractivity contribution in [3.63, 3.8) is 0 Å². The van der Waals surface area contributed by atoms with E-state index in [0.717, 1.165) is 27.2 Å². The van der Waals surface area contributed by atoms with E-state index in [1.54, 1.807) is 18.2 Å². The number of thiazole rings is 1. The summed E-state index contributed by atoms with van der Waals surface area (Å²) < 4.78 is 6.27. The number of nitrogens with zero attached hydrogens (tertiary/aromatic N) is 3. The molecule has 28 heavy (non-hydrogen) atoms. The SMILES string of the molecule is COc1ccc2nc(N(Cc3ccccn3)C(=O)c3ccc(C)cc3)sc2c1. The van der Waals surface area contributed by atoms with Crippen molar-refractivity contribution in [2.45, 2.75) is 13.5 Å². The second-order valence-corrected chi connectivity index (χ2v) is 7.42. The van der Waals surface area contributed by atoms with E-state index in [2.05, 4.69) is 9.97 Å². The standard InChI is InChI=1S/C22H19N3O2S/c1-15-6-8-16(9-7-15)21(26)25(14-17-5-3-4-12-23-17)22-24-19-11-10-18(27-2)13-20(19)28-22/h3-13H,14H2,1-2H3. The number of rotatable bonds is 5. The Morgan fingerprint density at radius 1 is 1.11 bits per heavy atom. The van der Waals surface area contributed by atoms with Gasteiger partial charge in [-0.05, 0) is 49.4 Å². The fourth-order valence-electron chi connectivity index (χ4n) is 2.87. The summed E-state index contributed by atoms with van der Waals surface area (Å²) >= 11 is 1.47. The zero-order valence-electron chi connectivity index (χ0n) is 15.6. The lowest BCUT2D eigenvalue weighted by atomic mass is 10.1.